The van der Waals surface area contributed by atoms with Gasteiger partial charge in [-0.1, -0.05) is 6.07 Å². The molecule has 1 rings (SSSR count). The van der Waals surface area contributed by atoms with Crippen molar-refractivity contribution < 1.29 is 14.6 Å². The molecule has 0 saturated heterocycles. The van der Waals surface area contributed by atoms with E-state index in [9.17, 15) is 9.90 Å². The van der Waals surface area contributed by atoms with E-state index in [0.29, 0.717) is 5.57 Å². The number of phenols is 1. The SMILES string of the molecule is COC(=O)/C(C)=C/c1ccc(O)cc1C. The van der Waals surface area contributed by atoms with Crippen molar-refractivity contribution in [3.8, 4) is 5.75 Å². The van der Waals surface area contributed by atoms with Crippen molar-refractivity contribution in [2.75, 3.05) is 7.11 Å². The maximum atomic E-state index is 11.2. The highest BCUT2D eigenvalue weighted by atomic mass is 16.5. The molecule has 0 aliphatic carbocycles. The smallest absolute Gasteiger partial charge is 0.333 e. The highest BCUT2D eigenvalue weighted by Crippen LogP contribution is 2.18. The number of aromatic hydroxyl groups is 1. The number of aryl methyl sites for hydroxylation is 1. The summed E-state index contributed by atoms with van der Waals surface area (Å²) in [6.45, 7) is 3.56. The summed E-state index contributed by atoms with van der Waals surface area (Å²) in [6, 6.07) is 5.00. The Morgan fingerprint density at radius 2 is 2.13 bits per heavy atom. The predicted molar refractivity (Wildman–Crippen MR) is 58.5 cm³/mol. The zero-order chi connectivity index (χ0) is 11.4. The molecule has 0 aromatic heterocycles. The fourth-order valence-electron chi connectivity index (χ4n) is 1.27. The molecule has 0 heterocycles. The molecule has 1 aromatic rings. The summed E-state index contributed by atoms with van der Waals surface area (Å²) < 4.78 is 4.59. The molecule has 1 aromatic carbocycles. The third kappa shape index (κ3) is 2.84. The zero-order valence-electron chi connectivity index (χ0n) is 9.07. The van der Waals surface area contributed by atoms with Gasteiger partial charge in [-0.05, 0) is 43.2 Å². The molecule has 15 heavy (non-hydrogen) atoms. The number of carbonyl (C=O) groups excluding carboxylic acids is 1. The first-order chi connectivity index (χ1) is 7.04. The van der Waals surface area contributed by atoms with Crippen LogP contribution >= 0.6 is 0 Å². The predicted octanol–water partition coefficient (Wildman–Crippen LogP) is 2.28. The minimum absolute atomic E-state index is 0.223. The van der Waals surface area contributed by atoms with E-state index in [4.69, 9.17) is 0 Å². The number of carbonyl (C=O) groups is 1. The van der Waals surface area contributed by atoms with Gasteiger partial charge in [-0.25, -0.2) is 4.79 Å². The fraction of sp³-hybridized carbons (Fsp3) is 0.250. The van der Waals surface area contributed by atoms with Crippen LogP contribution in [0.4, 0.5) is 0 Å². The van der Waals surface area contributed by atoms with Gasteiger partial charge in [0.15, 0.2) is 0 Å². The number of phenolic OH excluding ortho intramolecular Hbond substituents is 1. The molecule has 0 atom stereocenters. The maximum absolute atomic E-state index is 11.2. The fourth-order valence-corrected chi connectivity index (χ4v) is 1.27. The van der Waals surface area contributed by atoms with E-state index in [2.05, 4.69) is 4.74 Å². The molecule has 0 radical (unpaired) electrons. The van der Waals surface area contributed by atoms with E-state index in [1.54, 1.807) is 31.2 Å². The average Bonchev–Trinajstić information content (AvgIpc) is 2.20. The van der Waals surface area contributed by atoms with E-state index in [1.807, 2.05) is 6.92 Å². The van der Waals surface area contributed by atoms with Gasteiger partial charge < -0.3 is 9.84 Å². The largest absolute Gasteiger partial charge is 0.508 e. The lowest BCUT2D eigenvalue weighted by molar-refractivity contribution is -0.135. The summed E-state index contributed by atoms with van der Waals surface area (Å²) in [5.41, 5.74) is 2.35. The number of methoxy groups -OCH3 is 1. The van der Waals surface area contributed by atoms with E-state index in [1.165, 1.54) is 7.11 Å². The first kappa shape index (κ1) is 11.3. The number of esters is 1. The normalized spacial score (nSPS) is 11.3. The van der Waals surface area contributed by atoms with Gasteiger partial charge in [0.05, 0.1) is 7.11 Å². The number of benzene rings is 1. The van der Waals surface area contributed by atoms with Gasteiger partial charge in [0, 0.05) is 5.57 Å². The maximum Gasteiger partial charge on any atom is 0.333 e. The van der Waals surface area contributed by atoms with Crippen molar-refractivity contribution in [2.24, 2.45) is 0 Å². The Balaban J connectivity index is 3.03. The van der Waals surface area contributed by atoms with Gasteiger partial charge in [0.1, 0.15) is 5.75 Å². The first-order valence-electron chi connectivity index (χ1n) is 4.61. The number of hydrogen-bond donors (Lipinski definition) is 1. The number of ether oxygens (including phenoxy) is 1. The molecule has 0 aliphatic rings. The van der Waals surface area contributed by atoms with E-state index < -0.39 is 0 Å². The monoisotopic (exact) mass is 206 g/mol. The quantitative estimate of drug-likeness (QED) is 0.596. The molecule has 1 N–H and O–H groups in total. The molecule has 3 nitrogen and oxygen atoms in total. The molecule has 0 bridgehead atoms. The van der Waals surface area contributed by atoms with Gasteiger partial charge in [0.2, 0.25) is 0 Å². The third-order valence-corrected chi connectivity index (χ3v) is 2.13. The second kappa shape index (κ2) is 4.64. The molecule has 0 amide bonds. The van der Waals surface area contributed by atoms with Crippen molar-refractivity contribution in [2.45, 2.75) is 13.8 Å². The van der Waals surface area contributed by atoms with Crippen LogP contribution in [0, 0.1) is 6.92 Å². The van der Waals surface area contributed by atoms with Crippen molar-refractivity contribution >= 4 is 12.0 Å². The van der Waals surface area contributed by atoms with Crippen molar-refractivity contribution in [3.63, 3.8) is 0 Å². The van der Waals surface area contributed by atoms with Gasteiger partial charge in [-0.2, -0.15) is 0 Å². The van der Waals surface area contributed by atoms with Crippen LogP contribution < -0.4 is 0 Å². The Labute approximate surface area is 89.0 Å². The minimum Gasteiger partial charge on any atom is -0.508 e. The highest BCUT2D eigenvalue weighted by Gasteiger charge is 2.04. The van der Waals surface area contributed by atoms with E-state index >= 15 is 0 Å². The zero-order valence-corrected chi connectivity index (χ0v) is 9.07. The molecule has 0 fully saturated rings. The molecular weight excluding hydrogens is 192 g/mol. The Morgan fingerprint density at radius 3 is 2.67 bits per heavy atom. The second-order valence-corrected chi connectivity index (χ2v) is 3.36. The number of hydrogen-bond acceptors (Lipinski definition) is 3. The van der Waals surface area contributed by atoms with Crippen LogP contribution in [-0.2, 0) is 9.53 Å². The summed E-state index contributed by atoms with van der Waals surface area (Å²) in [5, 5.41) is 9.21. The summed E-state index contributed by atoms with van der Waals surface area (Å²) in [5.74, 6) is -0.122. The molecule has 3 heteroatoms. The van der Waals surface area contributed by atoms with Crippen LogP contribution in [0.15, 0.2) is 23.8 Å². The topological polar surface area (TPSA) is 46.5 Å². The van der Waals surface area contributed by atoms with Gasteiger partial charge >= 0.3 is 5.97 Å². The molecule has 0 saturated carbocycles. The molecule has 80 valence electrons. The van der Waals surface area contributed by atoms with Crippen molar-refractivity contribution in [1.82, 2.24) is 0 Å². The Morgan fingerprint density at radius 1 is 1.47 bits per heavy atom. The Kier molecular flexibility index (Phi) is 3.50. The number of rotatable bonds is 2. The highest BCUT2D eigenvalue weighted by molar-refractivity contribution is 5.93. The molecule has 0 unspecified atom stereocenters. The Bertz CT molecular complexity index is 405. The summed E-state index contributed by atoms with van der Waals surface area (Å²) >= 11 is 0. The lowest BCUT2D eigenvalue weighted by Crippen LogP contribution is -2.01. The van der Waals surface area contributed by atoms with Crippen LogP contribution in [0.2, 0.25) is 0 Å². The summed E-state index contributed by atoms with van der Waals surface area (Å²) in [6.07, 6.45) is 1.74. The minimum atomic E-state index is -0.345. The molecule has 0 spiro atoms. The van der Waals surface area contributed by atoms with E-state index in [0.717, 1.165) is 11.1 Å². The summed E-state index contributed by atoms with van der Waals surface area (Å²) in [4.78, 5) is 11.2. The van der Waals surface area contributed by atoms with Gasteiger partial charge in [0.25, 0.3) is 0 Å². The lowest BCUT2D eigenvalue weighted by Gasteiger charge is -2.03. The first-order valence-corrected chi connectivity index (χ1v) is 4.61. The van der Waals surface area contributed by atoms with Crippen LogP contribution in [0.3, 0.4) is 0 Å². The van der Waals surface area contributed by atoms with Crippen LogP contribution in [0.25, 0.3) is 6.08 Å². The van der Waals surface area contributed by atoms with Gasteiger partial charge in [-0.3, -0.25) is 0 Å². The van der Waals surface area contributed by atoms with Crippen LogP contribution in [0.5, 0.6) is 5.75 Å². The van der Waals surface area contributed by atoms with Gasteiger partial charge in [-0.15, -0.1) is 0 Å². The second-order valence-electron chi connectivity index (χ2n) is 3.36. The van der Waals surface area contributed by atoms with Crippen LogP contribution in [-0.4, -0.2) is 18.2 Å². The van der Waals surface area contributed by atoms with Crippen molar-refractivity contribution in [1.29, 1.82) is 0 Å². The average molecular weight is 206 g/mol. The van der Waals surface area contributed by atoms with Crippen molar-refractivity contribution in [3.05, 3.63) is 34.9 Å². The van der Waals surface area contributed by atoms with E-state index in [-0.39, 0.29) is 11.7 Å². The molecule has 0 aliphatic heterocycles. The Hall–Kier alpha value is -1.77. The lowest BCUT2D eigenvalue weighted by atomic mass is 10.1. The summed E-state index contributed by atoms with van der Waals surface area (Å²) in [7, 11) is 1.35. The molecular formula is C12H14O3. The van der Waals surface area contributed by atoms with Crippen LogP contribution in [0.1, 0.15) is 18.1 Å². The standard InChI is InChI=1S/C12H14O3/c1-8-7-11(13)5-4-10(8)6-9(2)12(14)15-3/h4-7,13H,1-3H3/b9-6+. The third-order valence-electron chi connectivity index (χ3n) is 2.13.